The Morgan fingerprint density at radius 3 is 3.00 bits per heavy atom. The predicted octanol–water partition coefficient (Wildman–Crippen LogP) is 2.47. The minimum Gasteiger partial charge on any atom is -0.443 e. The predicted molar refractivity (Wildman–Crippen MR) is 62.0 cm³/mol. The Morgan fingerprint density at radius 1 is 1.53 bits per heavy atom. The molecular weight excluding hydrogens is 307 g/mol. The van der Waals surface area contributed by atoms with Gasteiger partial charge in [-0.3, -0.25) is 4.79 Å². The SMILES string of the molecule is O=C(I)N1CCc2nc(C3CC3)oc2C1. The van der Waals surface area contributed by atoms with Crippen LogP contribution in [0.25, 0.3) is 0 Å². The van der Waals surface area contributed by atoms with Crippen molar-refractivity contribution in [1.82, 2.24) is 9.88 Å². The molecule has 5 heteroatoms. The van der Waals surface area contributed by atoms with Crippen molar-refractivity contribution in [2.24, 2.45) is 0 Å². The van der Waals surface area contributed by atoms with Crippen molar-refractivity contribution in [3.8, 4) is 0 Å². The van der Waals surface area contributed by atoms with Crippen molar-refractivity contribution in [2.45, 2.75) is 31.7 Å². The quantitative estimate of drug-likeness (QED) is 0.454. The lowest BCUT2D eigenvalue weighted by Gasteiger charge is -2.22. The van der Waals surface area contributed by atoms with Gasteiger partial charge in [0.1, 0.15) is 5.76 Å². The molecule has 0 bridgehead atoms. The monoisotopic (exact) mass is 318 g/mol. The number of amides is 1. The van der Waals surface area contributed by atoms with Gasteiger partial charge >= 0.3 is 0 Å². The fourth-order valence-electron chi connectivity index (χ4n) is 1.87. The van der Waals surface area contributed by atoms with E-state index in [1.54, 1.807) is 4.90 Å². The van der Waals surface area contributed by atoms with Gasteiger partial charge < -0.3 is 9.32 Å². The summed E-state index contributed by atoms with van der Waals surface area (Å²) in [6, 6.07) is 0. The second-order valence-corrected chi connectivity index (χ2v) is 5.04. The third-order valence-corrected chi connectivity index (χ3v) is 3.61. The van der Waals surface area contributed by atoms with E-state index >= 15 is 0 Å². The number of halogens is 1. The Balaban J connectivity index is 1.85. The van der Waals surface area contributed by atoms with Crippen LogP contribution in [0.15, 0.2) is 4.42 Å². The molecule has 2 heterocycles. The Bertz CT molecular complexity index is 412. The molecule has 4 nitrogen and oxygen atoms in total. The molecule has 2 aliphatic rings. The van der Waals surface area contributed by atoms with Gasteiger partial charge in [0.2, 0.25) is 0 Å². The molecule has 1 aliphatic heterocycles. The molecule has 0 N–H and O–H groups in total. The number of carbonyl (C=O) groups excluding carboxylic acids is 1. The van der Waals surface area contributed by atoms with Crippen LogP contribution in [0.1, 0.15) is 36.1 Å². The van der Waals surface area contributed by atoms with E-state index in [9.17, 15) is 4.79 Å². The van der Waals surface area contributed by atoms with Gasteiger partial charge in [-0.1, -0.05) is 0 Å². The van der Waals surface area contributed by atoms with E-state index in [0.29, 0.717) is 12.5 Å². The first-order chi connectivity index (χ1) is 7.24. The maximum Gasteiger partial charge on any atom is 0.283 e. The van der Waals surface area contributed by atoms with Crippen LogP contribution in [0.3, 0.4) is 0 Å². The molecule has 1 amide bonds. The lowest BCUT2D eigenvalue weighted by atomic mass is 10.2. The van der Waals surface area contributed by atoms with Gasteiger partial charge in [0, 0.05) is 41.5 Å². The van der Waals surface area contributed by atoms with Crippen molar-refractivity contribution < 1.29 is 9.21 Å². The van der Waals surface area contributed by atoms with Gasteiger partial charge in [0.25, 0.3) is 3.91 Å². The Morgan fingerprint density at radius 2 is 2.33 bits per heavy atom. The molecule has 1 aromatic heterocycles. The summed E-state index contributed by atoms with van der Waals surface area (Å²) in [6.07, 6.45) is 3.24. The van der Waals surface area contributed by atoms with E-state index in [1.165, 1.54) is 12.8 Å². The van der Waals surface area contributed by atoms with Gasteiger partial charge in [-0.15, -0.1) is 0 Å². The van der Waals surface area contributed by atoms with Crippen LogP contribution < -0.4 is 0 Å². The zero-order valence-electron chi connectivity index (χ0n) is 8.20. The summed E-state index contributed by atoms with van der Waals surface area (Å²) in [4.78, 5) is 17.5. The van der Waals surface area contributed by atoms with E-state index in [2.05, 4.69) is 4.98 Å². The topological polar surface area (TPSA) is 46.3 Å². The van der Waals surface area contributed by atoms with Crippen LogP contribution in [-0.2, 0) is 13.0 Å². The summed E-state index contributed by atoms with van der Waals surface area (Å²) in [5, 5.41) is 0. The highest BCUT2D eigenvalue weighted by atomic mass is 127. The van der Waals surface area contributed by atoms with Crippen molar-refractivity contribution in [3.63, 3.8) is 0 Å². The molecule has 0 spiro atoms. The van der Waals surface area contributed by atoms with Crippen LogP contribution in [0, 0.1) is 0 Å². The number of hydrogen-bond donors (Lipinski definition) is 0. The normalized spacial score (nSPS) is 20.2. The van der Waals surface area contributed by atoms with Crippen molar-refractivity contribution in [3.05, 3.63) is 17.3 Å². The fraction of sp³-hybridized carbons (Fsp3) is 0.600. The number of fused-ring (bicyclic) bond motifs is 1. The van der Waals surface area contributed by atoms with E-state index in [4.69, 9.17) is 4.42 Å². The number of aromatic nitrogens is 1. The molecule has 0 saturated heterocycles. The van der Waals surface area contributed by atoms with Crippen molar-refractivity contribution in [1.29, 1.82) is 0 Å². The third-order valence-electron chi connectivity index (χ3n) is 2.92. The summed E-state index contributed by atoms with van der Waals surface area (Å²) < 4.78 is 5.79. The number of carbonyl (C=O) groups is 1. The first-order valence-corrected chi connectivity index (χ1v) is 6.25. The van der Waals surface area contributed by atoms with Crippen LogP contribution in [0.4, 0.5) is 4.79 Å². The van der Waals surface area contributed by atoms with E-state index in [0.717, 1.165) is 30.3 Å². The lowest BCUT2D eigenvalue weighted by Crippen LogP contribution is -2.31. The molecular formula is C10H11IN2O2. The first kappa shape index (κ1) is 9.62. The maximum atomic E-state index is 11.2. The van der Waals surface area contributed by atoms with Gasteiger partial charge in [-0.05, 0) is 12.8 Å². The molecule has 0 unspecified atom stereocenters. The molecule has 0 atom stereocenters. The van der Waals surface area contributed by atoms with Gasteiger partial charge in [0.05, 0.1) is 12.2 Å². The summed E-state index contributed by atoms with van der Waals surface area (Å²) in [5.41, 5.74) is 1.06. The highest BCUT2D eigenvalue weighted by Gasteiger charge is 2.32. The maximum absolute atomic E-state index is 11.2. The molecule has 15 heavy (non-hydrogen) atoms. The average molecular weight is 318 g/mol. The summed E-state index contributed by atoms with van der Waals surface area (Å²) in [6.45, 7) is 1.36. The summed E-state index contributed by atoms with van der Waals surface area (Å²) >= 11 is 1.82. The van der Waals surface area contributed by atoms with Crippen molar-refractivity contribution in [2.75, 3.05) is 6.54 Å². The zero-order chi connectivity index (χ0) is 10.4. The van der Waals surface area contributed by atoms with E-state index in [1.807, 2.05) is 22.6 Å². The van der Waals surface area contributed by atoms with Gasteiger partial charge in [-0.2, -0.15) is 0 Å². The third kappa shape index (κ3) is 1.77. The van der Waals surface area contributed by atoms with Crippen molar-refractivity contribution >= 4 is 26.5 Å². The molecule has 80 valence electrons. The lowest BCUT2D eigenvalue weighted by molar-refractivity contribution is 0.213. The highest BCUT2D eigenvalue weighted by Crippen LogP contribution is 2.40. The number of rotatable bonds is 1. The van der Waals surface area contributed by atoms with E-state index in [-0.39, 0.29) is 3.91 Å². The van der Waals surface area contributed by atoms with Crippen LogP contribution in [-0.4, -0.2) is 20.3 Å². The molecule has 0 aromatic carbocycles. The minimum absolute atomic E-state index is 0.0858. The Labute approximate surface area is 101 Å². The fourth-order valence-corrected chi connectivity index (χ4v) is 2.28. The highest BCUT2D eigenvalue weighted by molar-refractivity contribution is 14.1. The molecule has 3 rings (SSSR count). The van der Waals surface area contributed by atoms with Crippen LogP contribution >= 0.6 is 22.6 Å². The standard InChI is InChI=1S/C10H11IN2O2/c11-10(14)13-4-3-7-8(5-13)15-9(12-7)6-1-2-6/h6H,1-5H2. The second-order valence-electron chi connectivity index (χ2n) is 4.12. The molecule has 1 aliphatic carbocycles. The van der Waals surface area contributed by atoms with Gasteiger partial charge in [-0.25, -0.2) is 4.98 Å². The Kier molecular flexibility index (Phi) is 2.22. The summed E-state index contributed by atoms with van der Waals surface area (Å²) in [7, 11) is 0. The van der Waals surface area contributed by atoms with Crippen LogP contribution in [0.5, 0.6) is 0 Å². The minimum atomic E-state index is 0.0858. The number of hydrogen-bond acceptors (Lipinski definition) is 3. The van der Waals surface area contributed by atoms with Gasteiger partial charge in [0.15, 0.2) is 5.89 Å². The smallest absolute Gasteiger partial charge is 0.283 e. The van der Waals surface area contributed by atoms with E-state index < -0.39 is 0 Å². The zero-order valence-corrected chi connectivity index (χ0v) is 10.4. The second kappa shape index (κ2) is 3.47. The molecule has 1 saturated carbocycles. The summed E-state index contributed by atoms with van der Waals surface area (Å²) in [5.74, 6) is 2.34. The number of nitrogens with zero attached hydrogens (tertiary/aromatic N) is 2. The average Bonchev–Trinajstić information content (AvgIpc) is 2.97. The molecule has 1 aromatic rings. The molecule has 0 radical (unpaired) electrons. The van der Waals surface area contributed by atoms with Crippen LogP contribution in [0.2, 0.25) is 0 Å². The largest absolute Gasteiger partial charge is 0.443 e. The molecule has 1 fully saturated rings. The first-order valence-electron chi connectivity index (χ1n) is 5.17. The number of oxazole rings is 1. The Hall–Kier alpha value is -0.590.